The van der Waals surface area contributed by atoms with E-state index in [0.717, 1.165) is 44.0 Å². The number of carboxylic acids is 1. The van der Waals surface area contributed by atoms with E-state index in [4.69, 9.17) is 74.3 Å². The Balaban J connectivity index is 0.000000252. The summed E-state index contributed by atoms with van der Waals surface area (Å²) in [4.78, 5) is 68.9. The zero-order valence-corrected chi connectivity index (χ0v) is 66.9. The highest BCUT2D eigenvalue weighted by Crippen LogP contribution is 2.40. The number of carboxylic acid groups (broad SMARTS) is 1. The average Bonchev–Trinajstić information content (AvgIpc) is 1.55. The van der Waals surface area contributed by atoms with E-state index in [-0.39, 0.29) is 107 Å². The van der Waals surface area contributed by atoms with Gasteiger partial charge in [-0.15, -0.1) is 24.2 Å². The summed E-state index contributed by atoms with van der Waals surface area (Å²) in [5.41, 5.74) is 7.58. The number of aryl methyl sites for hydroxylation is 1. The van der Waals surface area contributed by atoms with E-state index < -0.39 is 35.5 Å². The molecule has 1 saturated heterocycles. The molecule has 118 heavy (non-hydrogen) atoms. The predicted octanol–water partition coefficient (Wildman–Crippen LogP) is 11.1. The van der Waals surface area contributed by atoms with Crippen molar-refractivity contribution in [2.45, 2.75) is 77.5 Å². The maximum atomic E-state index is 14.3. The maximum Gasteiger partial charge on any atom is 0.314 e. The van der Waals surface area contributed by atoms with Crippen LogP contribution in [0.2, 0.25) is 0 Å². The number of hydrogen-bond donors (Lipinski definition) is 5. The Hall–Kier alpha value is -13.5. The van der Waals surface area contributed by atoms with E-state index in [1.807, 2.05) is 106 Å². The first-order valence-electron chi connectivity index (χ1n) is 37.5. The molecule has 1 fully saturated rings. The second-order valence-corrected chi connectivity index (χ2v) is 28.1. The molecule has 10 aromatic rings. The first-order chi connectivity index (χ1) is 57.3. The van der Waals surface area contributed by atoms with E-state index in [0.29, 0.717) is 94.6 Å². The van der Waals surface area contributed by atoms with Gasteiger partial charge in [0.1, 0.15) is 81.6 Å². The molecule has 3 unspecified atom stereocenters. The number of likely N-dealkylation sites (tertiary alicyclic amines) is 1. The van der Waals surface area contributed by atoms with Crippen LogP contribution in [0.5, 0.6) is 34.8 Å². The van der Waals surface area contributed by atoms with Crippen molar-refractivity contribution in [3.05, 3.63) is 161 Å². The number of anilines is 4. The molecule has 12 rings (SSSR count). The molecular formula is C88H86N12O17S. The van der Waals surface area contributed by atoms with Crippen LogP contribution in [0, 0.1) is 90.8 Å². The number of carbonyl (C=O) groups is 3. The third-order valence-corrected chi connectivity index (χ3v) is 19.3. The van der Waals surface area contributed by atoms with Gasteiger partial charge in [0.15, 0.2) is 53.3 Å². The number of aliphatic hydroxyl groups is 1. The lowest BCUT2D eigenvalue weighted by Crippen LogP contribution is -2.48. The molecular weight excluding hydrogens is 1530 g/mol. The molecule has 5 atom stereocenters. The van der Waals surface area contributed by atoms with Gasteiger partial charge in [0, 0.05) is 84.7 Å². The van der Waals surface area contributed by atoms with Gasteiger partial charge in [-0.25, -0.2) is 29.9 Å². The quantitative estimate of drug-likeness (QED) is 0.0182. The predicted molar refractivity (Wildman–Crippen MR) is 441 cm³/mol. The smallest absolute Gasteiger partial charge is 0.314 e. The van der Waals surface area contributed by atoms with Crippen molar-refractivity contribution < 1.29 is 81.0 Å². The number of fused-ring (bicyclic) bond motifs is 2. The second-order valence-electron chi connectivity index (χ2n) is 27.2. The zero-order valence-electron chi connectivity index (χ0n) is 66.1. The molecule has 2 aliphatic rings. The van der Waals surface area contributed by atoms with E-state index in [2.05, 4.69) is 110 Å². The number of nitrogens with one attached hydrogen (secondary N) is 3. The Morgan fingerprint density at radius 2 is 1.10 bits per heavy atom. The van der Waals surface area contributed by atoms with Crippen LogP contribution in [0.1, 0.15) is 86.8 Å². The molecule has 606 valence electrons. The van der Waals surface area contributed by atoms with Crippen LogP contribution < -0.4 is 44.4 Å². The van der Waals surface area contributed by atoms with Crippen LogP contribution in [0.3, 0.4) is 0 Å². The van der Waals surface area contributed by atoms with Crippen molar-refractivity contribution in [2.75, 3.05) is 111 Å². The highest BCUT2D eigenvalue weighted by molar-refractivity contribution is 7.13. The van der Waals surface area contributed by atoms with Gasteiger partial charge in [0.05, 0.1) is 65.7 Å². The highest BCUT2D eigenvalue weighted by Gasteiger charge is 2.48. The number of thiazole rings is 1. The van der Waals surface area contributed by atoms with Crippen molar-refractivity contribution in [3.8, 4) is 117 Å². The Morgan fingerprint density at radius 3 is 1.57 bits per heavy atom. The number of aliphatic imine (C=N–C) groups is 1. The Labute approximate surface area is 686 Å². The minimum atomic E-state index is -1.23. The van der Waals surface area contributed by atoms with Crippen molar-refractivity contribution in [1.82, 2.24) is 45.4 Å². The van der Waals surface area contributed by atoms with Gasteiger partial charge < -0.3 is 87.5 Å². The number of amides is 2. The molecule has 0 radical (unpaired) electrons. The van der Waals surface area contributed by atoms with Crippen LogP contribution >= 0.6 is 11.3 Å². The molecule has 5 N–H and O–H groups in total. The number of amidine groups is 1. The van der Waals surface area contributed by atoms with E-state index in [9.17, 15) is 24.6 Å². The van der Waals surface area contributed by atoms with Crippen molar-refractivity contribution in [2.24, 2.45) is 16.8 Å². The lowest BCUT2D eigenvalue weighted by molar-refractivity contribution is -0.140. The Kier molecular flexibility index (Phi) is 30.5. The lowest BCUT2D eigenvalue weighted by Gasteiger charge is -2.29. The van der Waals surface area contributed by atoms with Crippen LogP contribution in [-0.4, -0.2) is 186 Å². The molecule has 30 heteroatoms. The summed E-state index contributed by atoms with van der Waals surface area (Å²) in [6.45, 7) is 13.7. The van der Waals surface area contributed by atoms with Gasteiger partial charge in [0.25, 0.3) is 17.7 Å². The number of terminal acetylenes is 2. The van der Waals surface area contributed by atoms with Gasteiger partial charge in [0.2, 0.25) is 5.91 Å². The van der Waals surface area contributed by atoms with Crippen LogP contribution in [-0.2, 0) is 38.9 Å². The Bertz CT molecular complexity index is 5570. The van der Waals surface area contributed by atoms with E-state index >= 15 is 0 Å². The number of aliphatic carboxylic acids is 1. The normalized spacial score (nSPS) is 15.0. The standard InChI is InChI=1S/C53H52N8O9S.C35H34N4O8/c1-7-35-13-12-14-38(25-35)57-49-40-27-43(44(67-23-21-65-6)28-41(40)54-31-55-49)68-24-22-66-19-10-8-9-11-20-69-46-29-45(70-60-46)47(33(2)3)51(63)61-30-39(62)26-42(61)50-58-52(64)53(5,59-50)37-17-15-36(16-18-37)48-34(4)56-32-71-48;1-5-25-11-10-12-26(19-25)38-34-27-20-29(30(44-17-15-42-4)21-28(27)36-23-37-34)45-18-16-43-13-8-6-7-9-14-46-32-22-31(47-39-32)33(24(2)3)35(40)41/h1,12-18,25,27-29,31-33,39,42,47,62H,19-24,26,30H2,2-6H3,(H,54,55,57)(H,58,59,64);1,10-12,19-24,33H,13-18H2,2-4H3,(H,40,41)(H,36,37,38)/t39-,42?,47?,53+;/m1./s1. The second kappa shape index (κ2) is 42.2. The minimum Gasteiger partial charge on any atom is -0.487 e. The number of aromatic nitrogens is 7. The SMILES string of the molecule is C#Cc1cccc(Nc2ncnc3cc(OCCOC)c(OCCOCC#CC#CCOc4cc(C(C(=O)N5C[C@H](O)CC5C5=N[C@@](C)(c6ccc(-c7scnc7C)cc6)C(=O)N5)C(C)C)on4)cc23)c1.C#Cc1cccc(Nc2ncnc3cc(OCCOC)c(OCCOCC#CC#CCOc4cc(C(C(=O)O)C(C)C)on4)cc23)c1. The maximum absolute atomic E-state index is 14.3. The molecule has 0 spiro atoms. The molecule has 2 amide bonds. The summed E-state index contributed by atoms with van der Waals surface area (Å²) in [5, 5.41) is 39.0. The summed E-state index contributed by atoms with van der Waals surface area (Å²) in [7, 11) is 3.20. The molecule has 5 aromatic carbocycles. The number of rotatable bonds is 35. The number of hydrogen-bond acceptors (Lipinski definition) is 27. The third-order valence-electron chi connectivity index (χ3n) is 18.3. The topological polar surface area (TPSA) is 352 Å². The van der Waals surface area contributed by atoms with E-state index in [1.54, 1.807) is 74.9 Å². The van der Waals surface area contributed by atoms with E-state index in [1.165, 1.54) is 18.7 Å². The molecule has 0 aliphatic carbocycles. The number of nitrogens with zero attached hydrogens (tertiary/aromatic N) is 9. The van der Waals surface area contributed by atoms with Gasteiger partial charge in [-0.2, -0.15) is 0 Å². The number of carbonyl (C=O) groups excluding carboxylic acids is 2. The molecule has 0 bridgehead atoms. The fourth-order valence-corrected chi connectivity index (χ4v) is 13.3. The number of aliphatic hydroxyl groups excluding tert-OH is 1. The highest BCUT2D eigenvalue weighted by atomic mass is 32.1. The third kappa shape index (κ3) is 22.7. The molecule has 2 aliphatic heterocycles. The molecule has 5 aromatic heterocycles. The fraction of sp³-hybridized carbons (Fsp3) is 0.330. The van der Waals surface area contributed by atoms with Gasteiger partial charge in [-0.05, 0) is 131 Å². The van der Waals surface area contributed by atoms with Crippen LogP contribution in [0.25, 0.3) is 32.2 Å². The van der Waals surface area contributed by atoms with Gasteiger partial charge >= 0.3 is 5.97 Å². The number of benzene rings is 5. The Morgan fingerprint density at radius 1 is 0.619 bits per heavy atom. The minimum absolute atomic E-state index is 0.00881. The van der Waals surface area contributed by atoms with Crippen LogP contribution in [0.4, 0.5) is 23.0 Å². The number of β-amino-alcohol motifs (C(OH)–C–C–N with tert-alkyl or cyclic N) is 1. The molecule has 0 saturated carbocycles. The average molecular weight is 1620 g/mol. The molecule has 7 heterocycles. The summed E-state index contributed by atoms with van der Waals surface area (Å²) in [6.07, 6.45) is 13.5. The van der Waals surface area contributed by atoms with Crippen molar-refractivity contribution in [3.63, 3.8) is 0 Å². The number of ether oxygens (including phenoxy) is 10. The zero-order chi connectivity index (χ0) is 83.3. The van der Waals surface area contributed by atoms with Crippen LogP contribution in [0.15, 0.2) is 141 Å². The summed E-state index contributed by atoms with van der Waals surface area (Å²) in [5.74, 6) is 28.0. The molecule has 29 nitrogen and oxygen atoms in total. The lowest BCUT2D eigenvalue weighted by atomic mass is 9.91. The monoisotopic (exact) mass is 1610 g/mol. The van der Waals surface area contributed by atoms with Gasteiger partial charge in [-0.1, -0.05) is 87.8 Å². The largest absolute Gasteiger partial charge is 0.487 e. The number of methoxy groups -OCH3 is 2. The van der Waals surface area contributed by atoms with Crippen molar-refractivity contribution in [1.29, 1.82) is 0 Å². The summed E-state index contributed by atoms with van der Waals surface area (Å²) >= 11 is 1.55. The first kappa shape index (κ1) is 85.4. The summed E-state index contributed by atoms with van der Waals surface area (Å²) in [6, 6.07) is 32.2. The van der Waals surface area contributed by atoms with Gasteiger partial charge in [-0.3, -0.25) is 14.4 Å². The summed E-state index contributed by atoms with van der Waals surface area (Å²) < 4.78 is 67.3. The fourth-order valence-electron chi connectivity index (χ4n) is 12.5. The first-order valence-corrected chi connectivity index (χ1v) is 38.4. The van der Waals surface area contributed by atoms with Crippen molar-refractivity contribution >= 4 is 79.8 Å².